The van der Waals surface area contributed by atoms with Gasteiger partial charge in [0.2, 0.25) is 0 Å². The van der Waals surface area contributed by atoms with Gasteiger partial charge < -0.3 is 10.1 Å². The van der Waals surface area contributed by atoms with Crippen molar-refractivity contribution in [2.45, 2.75) is 25.4 Å². The van der Waals surface area contributed by atoms with Crippen molar-refractivity contribution in [3.05, 3.63) is 0 Å². The molecule has 92 valence electrons. The lowest BCUT2D eigenvalue weighted by Crippen LogP contribution is -2.39. The van der Waals surface area contributed by atoms with Gasteiger partial charge in [0, 0.05) is 25.4 Å². The van der Waals surface area contributed by atoms with Crippen molar-refractivity contribution in [1.29, 1.82) is 0 Å². The van der Waals surface area contributed by atoms with Gasteiger partial charge in [0.05, 0.1) is 6.61 Å². The highest BCUT2D eigenvalue weighted by Crippen LogP contribution is 2.29. The molecule has 15 heavy (non-hydrogen) atoms. The van der Waals surface area contributed by atoms with E-state index in [1.54, 1.807) is 7.11 Å². The summed E-state index contributed by atoms with van der Waals surface area (Å²) in [6.45, 7) is 4.88. The summed E-state index contributed by atoms with van der Waals surface area (Å²) >= 11 is 0.00204. The topological polar surface area (TPSA) is 21.3 Å². The molecule has 0 amide bonds. The van der Waals surface area contributed by atoms with Crippen molar-refractivity contribution in [2.24, 2.45) is 5.92 Å². The van der Waals surface area contributed by atoms with Gasteiger partial charge in [0.25, 0.3) is 0 Å². The number of methoxy groups -OCH3 is 1. The standard InChI is InChI=1S/C9H18F3NOS/c1-7(2)8(6-14-3)13-4-5-15-9(10,11)12/h7-8,13H,4-6H2,1-3H3. The number of rotatable bonds is 7. The molecule has 1 atom stereocenters. The summed E-state index contributed by atoms with van der Waals surface area (Å²) in [5, 5.41) is 3.05. The van der Waals surface area contributed by atoms with Crippen LogP contribution in [0.2, 0.25) is 0 Å². The molecule has 1 unspecified atom stereocenters. The Labute approximate surface area is 92.9 Å². The molecule has 6 heteroatoms. The fourth-order valence-corrected chi connectivity index (χ4v) is 1.53. The third-order valence-electron chi connectivity index (χ3n) is 1.93. The third kappa shape index (κ3) is 9.02. The number of hydrogen-bond acceptors (Lipinski definition) is 3. The van der Waals surface area contributed by atoms with Crippen molar-refractivity contribution in [2.75, 3.05) is 26.0 Å². The maximum absolute atomic E-state index is 11.8. The van der Waals surface area contributed by atoms with Gasteiger partial charge in [-0.1, -0.05) is 13.8 Å². The highest BCUT2D eigenvalue weighted by molar-refractivity contribution is 8.00. The lowest BCUT2D eigenvalue weighted by atomic mass is 10.1. The van der Waals surface area contributed by atoms with Crippen molar-refractivity contribution >= 4 is 11.8 Å². The van der Waals surface area contributed by atoms with E-state index in [0.29, 0.717) is 19.1 Å². The Balaban J connectivity index is 3.62. The van der Waals surface area contributed by atoms with Gasteiger partial charge in [-0.25, -0.2) is 0 Å². The summed E-state index contributed by atoms with van der Waals surface area (Å²) < 4.78 is 40.4. The maximum Gasteiger partial charge on any atom is 0.441 e. The zero-order valence-corrected chi connectivity index (χ0v) is 10.0. The number of ether oxygens (including phenoxy) is 1. The molecule has 0 aliphatic heterocycles. The fourth-order valence-electron chi connectivity index (χ4n) is 1.08. The Morgan fingerprint density at radius 2 is 1.93 bits per heavy atom. The molecule has 0 bridgehead atoms. The van der Waals surface area contributed by atoms with Crippen LogP contribution in [-0.2, 0) is 4.74 Å². The molecule has 0 rings (SSSR count). The van der Waals surface area contributed by atoms with Crippen LogP contribution in [0.1, 0.15) is 13.8 Å². The molecule has 0 heterocycles. The van der Waals surface area contributed by atoms with Gasteiger partial charge >= 0.3 is 5.51 Å². The third-order valence-corrected chi connectivity index (χ3v) is 2.66. The molecular formula is C9H18F3NOS. The minimum Gasteiger partial charge on any atom is -0.383 e. The molecule has 0 spiro atoms. The number of hydrogen-bond donors (Lipinski definition) is 1. The van der Waals surface area contributed by atoms with Crippen molar-refractivity contribution < 1.29 is 17.9 Å². The zero-order valence-electron chi connectivity index (χ0n) is 9.23. The Morgan fingerprint density at radius 3 is 2.33 bits per heavy atom. The van der Waals surface area contributed by atoms with Gasteiger partial charge in [-0.2, -0.15) is 13.2 Å². The highest BCUT2D eigenvalue weighted by atomic mass is 32.2. The normalized spacial score (nSPS) is 14.6. The predicted octanol–water partition coefficient (Wildman–Crippen LogP) is 2.50. The van der Waals surface area contributed by atoms with E-state index in [1.807, 2.05) is 13.8 Å². The van der Waals surface area contributed by atoms with Crippen LogP contribution in [0, 0.1) is 5.92 Å². The molecule has 1 N–H and O–H groups in total. The average Bonchev–Trinajstić information content (AvgIpc) is 2.08. The molecule has 2 nitrogen and oxygen atoms in total. The Kier molecular flexibility index (Phi) is 7.38. The van der Waals surface area contributed by atoms with E-state index in [-0.39, 0.29) is 23.6 Å². The number of alkyl halides is 3. The second kappa shape index (κ2) is 7.35. The minimum absolute atomic E-state index is 0.00204. The largest absolute Gasteiger partial charge is 0.441 e. The molecule has 0 aromatic rings. The smallest absolute Gasteiger partial charge is 0.383 e. The van der Waals surface area contributed by atoms with Crippen LogP contribution in [0.4, 0.5) is 13.2 Å². The first-order valence-electron chi connectivity index (χ1n) is 4.80. The molecule has 0 aromatic heterocycles. The van der Waals surface area contributed by atoms with E-state index < -0.39 is 5.51 Å². The van der Waals surface area contributed by atoms with Gasteiger partial charge in [-0.15, -0.1) is 0 Å². The molecule has 0 saturated heterocycles. The van der Waals surface area contributed by atoms with Crippen LogP contribution < -0.4 is 5.32 Å². The molecule has 0 fully saturated rings. The van der Waals surface area contributed by atoms with E-state index >= 15 is 0 Å². The lowest BCUT2D eigenvalue weighted by Gasteiger charge is -2.21. The summed E-state index contributed by atoms with van der Waals surface area (Å²) in [5.41, 5.74) is -4.13. The maximum atomic E-state index is 11.8. The fraction of sp³-hybridized carbons (Fsp3) is 1.00. The SMILES string of the molecule is COCC(NCCSC(F)(F)F)C(C)C. The van der Waals surface area contributed by atoms with Crippen LogP contribution in [0.3, 0.4) is 0 Å². The molecule has 0 aromatic carbocycles. The molecular weight excluding hydrogens is 227 g/mol. The monoisotopic (exact) mass is 245 g/mol. The van der Waals surface area contributed by atoms with E-state index in [4.69, 9.17) is 4.74 Å². The van der Waals surface area contributed by atoms with E-state index in [2.05, 4.69) is 5.32 Å². The first-order chi connectivity index (χ1) is 6.87. The quantitative estimate of drug-likeness (QED) is 0.696. The van der Waals surface area contributed by atoms with Gasteiger partial charge in [0.15, 0.2) is 0 Å². The zero-order chi connectivity index (χ0) is 11.9. The number of nitrogens with one attached hydrogen (secondary N) is 1. The minimum atomic E-state index is -4.13. The molecule has 0 saturated carbocycles. The van der Waals surface area contributed by atoms with Crippen molar-refractivity contribution in [3.63, 3.8) is 0 Å². The van der Waals surface area contributed by atoms with Crippen LogP contribution in [0.25, 0.3) is 0 Å². The summed E-state index contributed by atoms with van der Waals surface area (Å²) in [4.78, 5) is 0. The number of thioether (sulfide) groups is 1. The first-order valence-corrected chi connectivity index (χ1v) is 5.78. The molecule has 0 radical (unpaired) electrons. The average molecular weight is 245 g/mol. The van der Waals surface area contributed by atoms with Crippen LogP contribution in [0.5, 0.6) is 0 Å². The Bertz CT molecular complexity index is 164. The predicted molar refractivity (Wildman–Crippen MR) is 57.0 cm³/mol. The first kappa shape index (κ1) is 15.1. The van der Waals surface area contributed by atoms with Gasteiger partial charge in [-0.05, 0) is 17.7 Å². The summed E-state index contributed by atoms with van der Waals surface area (Å²) in [5.74, 6) is 0.386. The van der Waals surface area contributed by atoms with E-state index in [0.717, 1.165) is 0 Å². The Morgan fingerprint density at radius 1 is 1.33 bits per heavy atom. The van der Waals surface area contributed by atoms with Crippen LogP contribution in [-0.4, -0.2) is 37.6 Å². The van der Waals surface area contributed by atoms with Gasteiger partial charge in [0.1, 0.15) is 0 Å². The van der Waals surface area contributed by atoms with Crippen LogP contribution in [0.15, 0.2) is 0 Å². The van der Waals surface area contributed by atoms with E-state index in [9.17, 15) is 13.2 Å². The Hall–Kier alpha value is 0.0600. The van der Waals surface area contributed by atoms with Crippen LogP contribution >= 0.6 is 11.8 Å². The van der Waals surface area contributed by atoms with Crippen molar-refractivity contribution in [3.8, 4) is 0 Å². The summed E-state index contributed by atoms with van der Waals surface area (Å²) in [6.07, 6.45) is 0. The van der Waals surface area contributed by atoms with Crippen molar-refractivity contribution in [1.82, 2.24) is 5.32 Å². The summed E-state index contributed by atoms with van der Waals surface area (Å²) in [7, 11) is 1.58. The molecule has 0 aliphatic rings. The lowest BCUT2D eigenvalue weighted by molar-refractivity contribution is -0.0327. The second-order valence-electron chi connectivity index (χ2n) is 3.55. The van der Waals surface area contributed by atoms with Gasteiger partial charge in [-0.3, -0.25) is 0 Å². The molecule has 0 aliphatic carbocycles. The summed E-state index contributed by atoms with van der Waals surface area (Å²) in [6, 6.07) is 0.115. The second-order valence-corrected chi connectivity index (χ2v) is 4.71. The highest BCUT2D eigenvalue weighted by Gasteiger charge is 2.27. The number of halogens is 3. The van der Waals surface area contributed by atoms with E-state index in [1.165, 1.54) is 0 Å².